The van der Waals surface area contributed by atoms with Gasteiger partial charge in [-0.1, -0.05) is 0 Å². The van der Waals surface area contributed by atoms with Crippen molar-refractivity contribution in [3.63, 3.8) is 0 Å². The predicted octanol–water partition coefficient (Wildman–Crippen LogP) is 0.663. The van der Waals surface area contributed by atoms with Crippen molar-refractivity contribution in [2.24, 2.45) is 0 Å². The molecule has 0 spiro atoms. The van der Waals surface area contributed by atoms with Gasteiger partial charge in [-0.3, -0.25) is 0 Å². The quantitative estimate of drug-likeness (QED) is 0.337. The molecule has 2 nitrogen and oxygen atoms in total. The van der Waals surface area contributed by atoms with Crippen LogP contribution < -0.4 is 0 Å². The van der Waals surface area contributed by atoms with Gasteiger partial charge in [0.25, 0.3) is 0 Å². The van der Waals surface area contributed by atoms with Crippen LogP contribution in [0.3, 0.4) is 0 Å². The number of hydrogen-bond acceptors (Lipinski definition) is 2. The Morgan fingerprint density at radius 3 is 2.62 bits per heavy atom. The molecular formula is C5H7BO2. The fourth-order valence-electron chi connectivity index (χ4n) is 0.386. The Morgan fingerprint density at radius 2 is 2.25 bits per heavy atom. The van der Waals surface area contributed by atoms with Crippen molar-refractivity contribution in [3.8, 4) is 0 Å². The van der Waals surface area contributed by atoms with Crippen molar-refractivity contribution in [1.29, 1.82) is 0 Å². The number of hydrogen-bond donors (Lipinski definition) is 0. The molecule has 8 heavy (non-hydrogen) atoms. The van der Waals surface area contributed by atoms with Crippen LogP contribution in [0.5, 0.6) is 0 Å². The molecule has 1 heterocycles. The first-order chi connectivity index (χ1) is 3.80. The molecule has 0 unspecified atom stereocenters. The Bertz CT molecular complexity index is 131. The summed E-state index contributed by atoms with van der Waals surface area (Å²) < 4.78 is 0. The standard InChI is InChI=1S/C5H7BO2/c1-4-3-7-8-6-5(4)2/h3H,1-2H3. The Hall–Kier alpha value is -0.725. The van der Waals surface area contributed by atoms with E-state index in [4.69, 9.17) is 0 Å². The molecule has 0 amide bonds. The van der Waals surface area contributed by atoms with Crippen LogP contribution in [0.1, 0.15) is 13.8 Å². The van der Waals surface area contributed by atoms with Crippen molar-refractivity contribution in [3.05, 3.63) is 11.8 Å². The summed E-state index contributed by atoms with van der Waals surface area (Å²) in [6.07, 6.45) is 1.58. The Kier molecular flexibility index (Phi) is 1.37. The molecule has 1 aliphatic heterocycles. The molecule has 3 heteroatoms. The SMILES string of the molecule is CC1=BOOC=C1C. The molecule has 42 valence electrons. The molecule has 0 aromatic rings. The van der Waals surface area contributed by atoms with Crippen LogP contribution in [0.2, 0.25) is 0 Å². The monoisotopic (exact) mass is 110 g/mol. The third-order valence-corrected chi connectivity index (χ3v) is 1.13. The maximum atomic E-state index is 4.51. The Balaban J connectivity index is 2.73. The molecule has 0 fully saturated rings. The molecule has 0 bridgehead atoms. The van der Waals surface area contributed by atoms with Crippen LogP contribution >= 0.6 is 0 Å². The summed E-state index contributed by atoms with van der Waals surface area (Å²) in [5, 5.41) is 0. The van der Waals surface area contributed by atoms with Crippen molar-refractivity contribution in [2.75, 3.05) is 0 Å². The zero-order valence-corrected chi connectivity index (χ0v) is 4.97. The first-order valence-electron chi connectivity index (χ1n) is 2.47. The summed E-state index contributed by atoms with van der Waals surface area (Å²) in [4.78, 5) is 9.03. The van der Waals surface area contributed by atoms with Crippen LogP contribution in [0.15, 0.2) is 11.8 Å². The fraction of sp³-hybridized carbons (Fsp3) is 0.400. The molecule has 0 N–H and O–H groups in total. The van der Waals surface area contributed by atoms with Gasteiger partial charge in [-0.25, -0.2) is 0 Å². The van der Waals surface area contributed by atoms with Gasteiger partial charge in [0, 0.05) is 0 Å². The van der Waals surface area contributed by atoms with Crippen molar-refractivity contribution >= 4 is 12.6 Å². The molecule has 0 radical (unpaired) electrons. The zero-order chi connectivity index (χ0) is 5.98. The Morgan fingerprint density at radius 1 is 1.50 bits per heavy atom. The van der Waals surface area contributed by atoms with Gasteiger partial charge in [-0.05, 0) is 0 Å². The second-order valence-electron chi connectivity index (χ2n) is 1.79. The van der Waals surface area contributed by atoms with E-state index in [1.165, 1.54) is 0 Å². The van der Waals surface area contributed by atoms with Gasteiger partial charge in [-0.2, -0.15) is 0 Å². The van der Waals surface area contributed by atoms with Crippen LogP contribution in [-0.4, -0.2) is 12.6 Å². The summed E-state index contributed by atoms with van der Waals surface area (Å²) in [6, 6.07) is 0. The van der Waals surface area contributed by atoms with Crippen LogP contribution in [0.25, 0.3) is 0 Å². The predicted molar refractivity (Wildman–Crippen MR) is 32.4 cm³/mol. The Labute approximate surface area is 49.0 Å². The van der Waals surface area contributed by atoms with Crippen LogP contribution in [-0.2, 0) is 9.69 Å². The molecule has 0 atom stereocenters. The fourth-order valence-corrected chi connectivity index (χ4v) is 0.386. The van der Waals surface area contributed by atoms with Gasteiger partial charge in [0.15, 0.2) is 0 Å². The number of allylic oxidation sites excluding steroid dienone is 1. The maximum absolute atomic E-state index is 4.51. The molecule has 0 aromatic heterocycles. The second kappa shape index (κ2) is 2.03. The third-order valence-electron chi connectivity index (χ3n) is 1.13. The van der Waals surface area contributed by atoms with Crippen molar-refractivity contribution in [2.45, 2.75) is 13.8 Å². The molecule has 0 aromatic carbocycles. The topological polar surface area (TPSA) is 18.5 Å². The van der Waals surface area contributed by atoms with E-state index in [1.807, 2.05) is 13.8 Å². The second-order valence-corrected chi connectivity index (χ2v) is 1.79. The van der Waals surface area contributed by atoms with E-state index in [9.17, 15) is 0 Å². The van der Waals surface area contributed by atoms with Gasteiger partial charge in [0.05, 0.1) is 0 Å². The number of rotatable bonds is 0. The van der Waals surface area contributed by atoms with Crippen molar-refractivity contribution < 1.29 is 9.69 Å². The third kappa shape index (κ3) is 0.913. The summed E-state index contributed by atoms with van der Waals surface area (Å²) in [5.74, 6) is 0. The van der Waals surface area contributed by atoms with Gasteiger partial charge in [-0.15, -0.1) is 0 Å². The van der Waals surface area contributed by atoms with E-state index in [-0.39, 0.29) is 0 Å². The summed E-state index contributed by atoms with van der Waals surface area (Å²) in [7, 11) is 1.58. The first-order valence-corrected chi connectivity index (χ1v) is 2.47. The van der Waals surface area contributed by atoms with E-state index in [0.29, 0.717) is 0 Å². The molecule has 1 aliphatic rings. The van der Waals surface area contributed by atoms with Gasteiger partial charge in [0.1, 0.15) is 0 Å². The van der Waals surface area contributed by atoms with Gasteiger partial charge < -0.3 is 0 Å². The molecule has 0 saturated heterocycles. The molecule has 0 aliphatic carbocycles. The zero-order valence-electron chi connectivity index (χ0n) is 4.97. The van der Waals surface area contributed by atoms with Gasteiger partial charge in [0.2, 0.25) is 0 Å². The molecule has 1 rings (SSSR count). The van der Waals surface area contributed by atoms with E-state index in [0.717, 1.165) is 11.0 Å². The summed E-state index contributed by atoms with van der Waals surface area (Å²) in [6.45, 7) is 3.93. The first kappa shape index (κ1) is 5.41. The average Bonchev–Trinajstić information content (AvgIpc) is 1.77. The van der Waals surface area contributed by atoms with E-state index in [1.54, 1.807) is 13.4 Å². The van der Waals surface area contributed by atoms with E-state index >= 15 is 0 Å². The van der Waals surface area contributed by atoms with Crippen LogP contribution in [0.4, 0.5) is 0 Å². The summed E-state index contributed by atoms with van der Waals surface area (Å²) >= 11 is 0. The minimum atomic E-state index is 1.11. The summed E-state index contributed by atoms with van der Waals surface area (Å²) in [5.41, 5.74) is 2.22. The minimum absolute atomic E-state index is 1.11. The van der Waals surface area contributed by atoms with Crippen LogP contribution in [0, 0.1) is 0 Å². The average molecular weight is 110 g/mol. The molecular weight excluding hydrogens is 103 g/mol. The van der Waals surface area contributed by atoms with Crippen molar-refractivity contribution in [1.82, 2.24) is 0 Å². The normalized spacial score (nSPS) is 16.8. The molecule has 0 saturated carbocycles. The van der Waals surface area contributed by atoms with E-state index in [2.05, 4.69) is 9.69 Å². The van der Waals surface area contributed by atoms with E-state index < -0.39 is 0 Å². The van der Waals surface area contributed by atoms with Gasteiger partial charge >= 0.3 is 48.0 Å².